The van der Waals surface area contributed by atoms with Gasteiger partial charge in [0, 0.05) is 0 Å². The normalized spacial score (nSPS) is 17.4. The summed E-state index contributed by atoms with van der Waals surface area (Å²) in [6.45, 7) is 1.50. The van der Waals surface area contributed by atoms with E-state index in [1.807, 2.05) is 60.7 Å². The lowest BCUT2D eigenvalue weighted by Gasteiger charge is -2.18. The Morgan fingerprint density at radius 3 is 1.02 bits per heavy atom. The van der Waals surface area contributed by atoms with Crippen molar-refractivity contribution in [2.75, 3.05) is 39.6 Å². The van der Waals surface area contributed by atoms with E-state index in [-0.39, 0.29) is 26.4 Å². The van der Waals surface area contributed by atoms with Crippen LogP contribution in [-0.4, -0.2) is 51.6 Å². The number of rotatable bonds is 2. The van der Waals surface area contributed by atoms with E-state index in [0.29, 0.717) is 24.3 Å². The monoisotopic (exact) mass is 534 g/mol. The van der Waals surface area contributed by atoms with Gasteiger partial charge in [-0.3, -0.25) is 0 Å². The van der Waals surface area contributed by atoms with E-state index in [9.17, 15) is 9.59 Å². The van der Waals surface area contributed by atoms with Crippen LogP contribution in [0.3, 0.4) is 0 Å². The highest BCUT2D eigenvalue weighted by Gasteiger charge is 2.18. The number of carbonyl (C=O) groups excluding carboxylic acids is 2. The zero-order chi connectivity index (χ0) is 27.6. The molecule has 4 aromatic rings. The van der Waals surface area contributed by atoms with Gasteiger partial charge in [0.05, 0.1) is 37.6 Å². The van der Waals surface area contributed by atoms with Crippen molar-refractivity contribution in [1.29, 1.82) is 0 Å². The molecule has 0 spiro atoms. The molecule has 0 aliphatic carbocycles. The van der Waals surface area contributed by atoms with Crippen molar-refractivity contribution < 1.29 is 28.5 Å². The number of benzene rings is 4. The molecule has 7 rings (SSSR count). The zero-order valence-electron chi connectivity index (χ0n) is 22.1. The molecule has 3 aliphatic heterocycles. The molecule has 0 radical (unpaired) electrons. The molecule has 40 heavy (non-hydrogen) atoms. The Hall–Kier alpha value is -4.52. The molecule has 0 amide bonds. The smallest absolute Gasteiger partial charge is 0.338 e. The quantitative estimate of drug-likeness (QED) is 0.292. The fourth-order valence-electron chi connectivity index (χ4n) is 4.54. The molecule has 202 valence electrons. The average Bonchev–Trinajstić information content (AvgIpc) is 3.01. The van der Waals surface area contributed by atoms with E-state index < -0.39 is 11.9 Å². The largest absolute Gasteiger partial charge is 0.460 e. The van der Waals surface area contributed by atoms with Crippen LogP contribution in [0.2, 0.25) is 0 Å². The van der Waals surface area contributed by atoms with Gasteiger partial charge in [-0.1, -0.05) is 84.9 Å². The second-order valence-electron chi connectivity index (χ2n) is 9.13. The first kappa shape index (κ1) is 27.1. The summed E-state index contributed by atoms with van der Waals surface area (Å²) in [5.74, 6) is -0.807. The van der Waals surface area contributed by atoms with Crippen LogP contribution in [0.5, 0.6) is 0 Å². The second kappa shape index (κ2) is 13.5. The summed E-state index contributed by atoms with van der Waals surface area (Å²) in [5, 5.41) is 0. The highest BCUT2D eigenvalue weighted by Crippen LogP contribution is 2.37. The lowest BCUT2D eigenvalue weighted by atomic mass is 9.85. The van der Waals surface area contributed by atoms with Gasteiger partial charge < -0.3 is 18.9 Å². The Kier molecular flexibility index (Phi) is 9.14. The minimum absolute atomic E-state index is 0.140. The van der Waals surface area contributed by atoms with Gasteiger partial charge >= 0.3 is 11.9 Å². The van der Waals surface area contributed by atoms with Crippen LogP contribution in [0.1, 0.15) is 43.0 Å². The standard InChI is InChI=1S/C34H30O6/c35-33-29-15-11-27(12-16-29)31(25-7-3-1-4-8-25)32(26-9-5-2-6-10-26)28-13-17-30(18-14-28)34(36)40-24-22-38-20-19-37-21-23-39-33/h1-18H,19-24H2/b32-31-. The van der Waals surface area contributed by atoms with Crippen molar-refractivity contribution in [3.8, 4) is 0 Å². The molecule has 6 nitrogen and oxygen atoms in total. The van der Waals surface area contributed by atoms with E-state index >= 15 is 0 Å². The van der Waals surface area contributed by atoms with Crippen LogP contribution in [0.15, 0.2) is 109 Å². The third-order valence-corrected chi connectivity index (χ3v) is 6.49. The summed E-state index contributed by atoms with van der Waals surface area (Å²) >= 11 is 0. The fourth-order valence-corrected chi connectivity index (χ4v) is 4.54. The van der Waals surface area contributed by atoms with Gasteiger partial charge in [-0.25, -0.2) is 9.59 Å². The Morgan fingerprint density at radius 2 is 0.650 bits per heavy atom. The number of hydrogen-bond acceptors (Lipinski definition) is 6. The van der Waals surface area contributed by atoms with Gasteiger partial charge in [0.2, 0.25) is 0 Å². The summed E-state index contributed by atoms with van der Waals surface area (Å²) in [6.07, 6.45) is 0. The Bertz CT molecular complexity index is 1330. The summed E-state index contributed by atoms with van der Waals surface area (Å²) < 4.78 is 21.7. The third kappa shape index (κ3) is 6.72. The van der Waals surface area contributed by atoms with E-state index in [2.05, 4.69) is 24.3 Å². The third-order valence-electron chi connectivity index (χ3n) is 6.49. The van der Waals surface area contributed by atoms with Crippen molar-refractivity contribution in [3.63, 3.8) is 0 Å². The topological polar surface area (TPSA) is 71.1 Å². The van der Waals surface area contributed by atoms with Crippen molar-refractivity contribution in [2.45, 2.75) is 0 Å². The molecule has 3 heterocycles. The van der Waals surface area contributed by atoms with Crippen molar-refractivity contribution in [1.82, 2.24) is 0 Å². The van der Waals surface area contributed by atoms with Gasteiger partial charge in [0.15, 0.2) is 0 Å². The molecule has 0 saturated heterocycles. The van der Waals surface area contributed by atoms with Gasteiger partial charge in [-0.15, -0.1) is 0 Å². The maximum absolute atomic E-state index is 12.7. The van der Waals surface area contributed by atoms with E-state index in [1.54, 1.807) is 24.3 Å². The molecule has 0 unspecified atom stereocenters. The van der Waals surface area contributed by atoms with E-state index in [0.717, 1.165) is 33.4 Å². The predicted molar refractivity (Wildman–Crippen MR) is 153 cm³/mol. The van der Waals surface area contributed by atoms with Crippen molar-refractivity contribution >= 4 is 23.1 Å². The molecular formula is C34H30O6. The molecule has 0 atom stereocenters. The minimum Gasteiger partial charge on any atom is -0.460 e. The first-order valence-corrected chi connectivity index (χ1v) is 13.3. The lowest BCUT2D eigenvalue weighted by Crippen LogP contribution is -2.15. The molecule has 0 fully saturated rings. The lowest BCUT2D eigenvalue weighted by molar-refractivity contribution is 0.00229. The molecule has 6 heteroatoms. The Morgan fingerprint density at radius 1 is 0.350 bits per heavy atom. The molecule has 3 aliphatic rings. The summed E-state index contributed by atoms with van der Waals surface area (Å²) in [5.41, 5.74) is 6.84. The number of carbonyl (C=O) groups is 2. The van der Waals surface area contributed by atoms with Crippen LogP contribution in [-0.2, 0) is 18.9 Å². The molecular weight excluding hydrogens is 504 g/mol. The molecule has 0 N–H and O–H groups in total. The van der Waals surface area contributed by atoms with Gasteiger partial charge in [0.1, 0.15) is 13.2 Å². The zero-order valence-corrected chi connectivity index (χ0v) is 22.1. The number of ether oxygens (including phenoxy) is 4. The molecule has 0 aromatic heterocycles. The summed E-state index contributed by atoms with van der Waals surface area (Å²) in [7, 11) is 0. The van der Waals surface area contributed by atoms with Gasteiger partial charge in [0.25, 0.3) is 0 Å². The van der Waals surface area contributed by atoms with Gasteiger partial charge in [-0.2, -0.15) is 0 Å². The number of esters is 2. The number of fused-ring (bicyclic) bond motifs is 2. The molecule has 0 saturated carbocycles. The average molecular weight is 535 g/mol. The minimum atomic E-state index is -0.403. The van der Waals surface area contributed by atoms with Crippen molar-refractivity contribution in [3.05, 3.63) is 143 Å². The molecule has 4 aromatic carbocycles. The highest BCUT2D eigenvalue weighted by molar-refractivity contribution is 6.05. The maximum Gasteiger partial charge on any atom is 0.338 e. The van der Waals surface area contributed by atoms with Crippen LogP contribution in [0.25, 0.3) is 11.1 Å². The first-order valence-electron chi connectivity index (χ1n) is 13.3. The van der Waals surface area contributed by atoms with Crippen LogP contribution in [0, 0.1) is 0 Å². The van der Waals surface area contributed by atoms with Crippen LogP contribution < -0.4 is 0 Å². The predicted octanol–water partition coefficient (Wildman–Crippen LogP) is 6.05. The van der Waals surface area contributed by atoms with Gasteiger partial charge in [-0.05, 0) is 57.7 Å². The fraction of sp³-hybridized carbons (Fsp3) is 0.176. The van der Waals surface area contributed by atoms with Crippen LogP contribution >= 0.6 is 0 Å². The summed E-state index contributed by atoms with van der Waals surface area (Å²) in [4.78, 5) is 25.3. The SMILES string of the molecule is O=C1OCCOCCOCCOC(=O)c2ccc(cc2)/C(c2ccccc2)=C(/c2ccccc2)c2ccc1cc2. The maximum atomic E-state index is 12.7. The Labute approximate surface area is 233 Å². The van der Waals surface area contributed by atoms with E-state index in [1.165, 1.54) is 0 Å². The van der Waals surface area contributed by atoms with Crippen LogP contribution in [0.4, 0.5) is 0 Å². The number of hydrogen-bond donors (Lipinski definition) is 0. The first-order chi connectivity index (χ1) is 19.7. The highest BCUT2D eigenvalue weighted by atomic mass is 16.6. The van der Waals surface area contributed by atoms with E-state index in [4.69, 9.17) is 18.9 Å². The Balaban J connectivity index is 1.64. The summed E-state index contributed by atoms with van der Waals surface area (Å²) in [6, 6.07) is 35.1. The second-order valence-corrected chi connectivity index (χ2v) is 9.13. The molecule has 4 bridgehead atoms. The van der Waals surface area contributed by atoms with Crippen molar-refractivity contribution in [2.24, 2.45) is 0 Å².